The summed E-state index contributed by atoms with van der Waals surface area (Å²) in [7, 11) is 1.51. The number of amides is 2. The molecule has 0 aromatic heterocycles. The Hall–Kier alpha value is -1.59. The Morgan fingerprint density at radius 2 is 2.11 bits per heavy atom. The first-order valence-corrected chi connectivity index (χ1v) is 6.31. The molecule has 0 spiro atoms. The van der Waals surface area contributed by atoms with Crippen LogP contribution in [-0.4, -0.2) is 30.1 Å². The summed E-state index contributed by atoms with van der Waals surface area (Å²) in [6, 6.07) is 4.69. The molecule has 0 aliphatic carbocycles. The van der Waals surface area contributed by atoms with E-state index in [4.69, 9.17) is 16.7 Å². The highest BCUT2D eigenvalue weighted by molar-refractivity contribution is 6.34. The Kier molecular flexibility index (Phi) is 5.79. The smallest absolute Gasteiger partial charge is 0.252 e. The van der Waals surface area contributed by atoms with Crippen molar-refractivity contribution in [2.75, 3.05) is 12.4 Å². The van der Waals surface area contributed by atoms with Crippen molar-refractivity contribution in [2.45, 2.75) is 25.9 Å². The van der Waals surface area contributed by atoms with Crippen LogP contribution in [0.15, 0.2) is 18.2 Å². The van der Waals surface area contributed by atoms with Crippen molar-refractivity contribution in [3.63, 3.8) is 0 Å². The topological polar surface area (TPSA) is 78.4 Å². The van der Waals surface area contributed by atoms with Crippen LogP contribution in [0, 0.1) is 0 Å². The lowest BCUT2D eigenvalue weighted by Crippen LogP contribution is -2.19. The Morgan fingerprint density at radius 1 is 1.42 bits per heavy atom. The van der Waals surface area contributed by atoms with Crippen LogP contribution in [0.1, 0.15) is 30.1 Å². The zero-order chi connectivity index (χ0) is 14.4. The van der Waals surface area contributed by atoms with Gasteiger partial charge in [-0.3, -0.25) is 9.59 Å². The second kappa shape index (κ2) is 7.11. The van der Waals surface area contributed by atoms with Crippen molar-refractivity contribution >= 4 is 29.1 Å². The normalized spacial score (nSPS) is 11.8. The van der Waals surface area contributed by atoms with Gasteiger partial charge in [0.05, 0.1) is 16.7 Å². The lowest BCUT2D eigenvalue weighted by Gasteiger charge is -2.09. The van der Waals surface area contributed by atoms with Crippen molar-refractivity contribution in [1.82, 2.24) is 5.32 Å². The van der Waals surface area contributed by atoms with Crippen LogP contribution in [0.5, 0.6) is 0 Å². The standard InChI is InChI=1S/C13H17ClN2O3/c1-8(17)3-6-12(18)16-9-4-5-11(14)10(7-9)13(19)15-2/h4-5,7-8,17H,3,6H2,1-2H3,(H,15,19)(H,16,18). The fourth-order valence-electron chi connectivity index (χ4n) is 1.48. The minimum Gasteiger partial charge on any atom is -0.393 e. The quantitative estimate of drug-likeness (QED) is 0.771. The van der Waals surface area contributed by atoms with Gasteiger partial charge in [0.25, 0.3) is 5.91 Å². The lowest BCUT2D eigenvalue weighted by atomic mass is 10.1. The molecule has 0 saturated heterocycles. The number of nitrogens with one attached hydrogen (secondary N) is 2. The first-order valence-electron chi connectivity index (χ1n) is 5.93. The Labute approximate surface area is 117 Å². The number of anilines is 1. The monoisotopic (exact) mass is 284 g/mol. The summed E-state index contributed by atoms with van der Waals surface area (Å²) < 4.78 is 0. The van der Waals surface area contributed by atoms with Crippen LogP contribution < -0.4 is 10.6 Å². The van der Waals surface area contributed by atoms with E-state index in [2.05, 4.69) is 10.6 Å². The van der Waals surface area contributed by atoms with Gasteiger partial charge in [-0.25, -0.2) is 0 Å². The van der Waals surface area contributed by atoms with Gasteiger partial charge in [-0.15, -0.1) is 0 Å². The molecule has 0 aliphatic rings. The fourth-order valence-corrected chi connectivity index (χ4v) is 1.68. The molecular weight excluding hydrogens is 268 g/mol. The van der Waals surface area contributed by atoms with E-state index in [0.717, 1.165) is 0 Å². The van der Waals surface area contributed by atoms with Crippen LogP contribution in [0.4, 0.5) is 5.69 Å². The summed E-state index contributed by atoms with van der Waals surface area (Å²) in [5.74, 6) is -0.531. The van der Waals surface area contributed by atoms with Crippen LogP contribution in [0.2, 0.25) is 5.02 Å². The number of benzene rings is 1. The minimum absolute atomic E-state index is 0.217. The van der Waals surface area contributed by atoms with Gasteiger partial charge in [-0.1, -0.05) is 11.6 Å². The third-order valence-electron chi connectivity index (χ3n) is 2.51. The summed E-state index contributed by atoms with van der Waals surface area (Å²) in [4.78, 5) is 23.1. The molecule has 1 rings (SSSR count). The molecular formula is C13H17ClN2O3. The van der Waals surface area contributed by atoms with Crippen molar-refractivity contribution in [3.8, 4) is 0 Å². The van der Waals surface area contributed by atoms with E-state index < -0.39 is 6.10 Å². The average Bonchev–Trinajstić information content (AvgIpc) is 2.37. The molecule has 0 saturated carbocycles. The fraction of sp³-hybridized carbons (Fsp3) is 0.385. The van der Waals surface area contributed by atoms with E-state index in [0.29, 0.717) is 22.7 Å². The Morgan fingerprint density at radius 3 is 2.68 bits per heavy atom. The second-order valence-electron chi connectivity index (χ2n) is 4.21. The molecule has 3 N–H and O–H groups in total. The van der Waals surface area contributed by atoms with Gasteiger partial charge in [0.2, 0.25) is 5.91 Å². The predicted octanol–water partition coefficient (Wildman–Crippen LogP) is 1.80. The van der Waals surface area contributed by atoms with Crippen molar-refractivity contribution in [3.05, 3.63) is 28.8 Å². The van der Waals surface area contributed by atoms with Gasteiger partial charge in [-0.05, 0) is 31.5 Å². The summed E-state index contributed by atoms with van der Waals surface area (Å²) in [5.41, 5.74) is 0.802. The molecule has 0 aliphatic heterocycles. The summed E-state index contributed by atoms with van der Waals surface area (Å²) >= 11 is 5.90. The Balaban J connectivity index is 2.74. The summed E-state index contributed by atoms with van der Waals surface area (Å²) in [6.07, 6.45) is 0.0922. The van der Waals surface area contributed by atoms with Gasteiger partial charge < -0.3 is 15.7 Å². The maximum absolute atomic E-state index is 11.6. The predicted molar refractivity (Wildman–Crippen MR) is 74.4 cm³/mol. The maximum Gasteiger partial charge on any atom is 0.252 e. The minimum atomic E-state index is -0.516. The zero-order valence-corrected chi connectivity index (χ0v) is 11.6. The molecule has 0 radical (unpaired) electrons. The molecule has 2 amide bonds. The first kappa shape index (κ1) is 15.5. The van der Waals surface area contributed by atoms with Crippen molar-refractivity contribution in [1.29, 1.82) is 0 Å². The number of carbonyl (C=O) groups is 2. The maximum atomic E-state index is 11.6. The van der Waals surface area contributed by atoms with E-state index in [1.54, 1.807) is 19.1 Å². The molecule has 5 nitrogen and oxygen atoms in total. The van der Waals surface area contributed by atoms with Gasteiger partial charge in [-0.2, -0.15) is 0 Å². The lowest BCUT2D eigenvalue weighted by molar-refractivity contribution is -0.116. The largest absolute Gasteiger partial charge is 0.393 e. The number of carbonyl (C=O) groups excluding carboxylic acids is 2. The molecule has 0 fully saturated rings. The molecule has 1 aromatic carbocycles. The highest BCUT2D eigenvalue weighted by Crippen LogP contribution is 2.20. The number of hydrogen-bond donors (Lipinski definition) is 3. The number of aliphatic hydroxyl groups is 1. The van der Waals surface area contributed by atoms with Gasteiger partial charge in [0.15, 0.2) is 0 Å². The number of hydrogen-bond acceptors (Lipinski definition) is 3. The SMILES string of the molecule is CNC(=O)c1cc(NC(=O)CCC(C)O)ccc1Cl. The molecule has 104 valence electrons. The summed E-state index contributed by atoms with van der Waals surface area (Å²) in [5, 5.41) is 14.6. The molecule has 1 aromatic rings. The number of rotatable bonds is 5. The molecule has 19 heavy (non-hydrogen) atoms. The highest BCUT2D eigenvalue weighted by Gasteiger charge is 2.11. The number of halogens is 1. The van der Waals surface area contributed by atoms with Crippen molar-refractivity contribution in [2.24, 2.45) is 0 Å². The molecule has 0 bridgehead atoms. The number of aliphatic hydroxyl groups excluding tert-OH is 1. The van der Waals surface area contributed by atoms with E-state index >= 15 is 0 Å². The third kappa shape index (κ3) is 4.89. The Bertz CT molecular complexity index is 475. The van der Waals surface area contributed by atoms with E-state index in [-0.39, 0.29) is 18.2 Å². The van der Waals surface area contributed by atoms with Crippen LogP contribution in [-0.2, 0) is 4.79 Å². The van der Waals surface area contributed by atoms with Crippen LogP contribution in [0.25, 0.3) is 0 Å². The zero-order valence-electron chi connectivity index (χ0n) is 10.9. The average molecular weight is 285 g/mol. The molecule has 1 atom stereocenters. The van der Waals surface area contributed by atoms with Gasteiger partial charge >= 0.3 is 0 Å². The highest BCUT2D eigenvalue weighted by atomic mass is 35.5. The van der Waals surface area contributed by atoms with Gasteiger partial charge in [0.1, 0.15) is 0 Å². The molecule has 0 heterocycles. The van der Waals surface area contributed by atoms with E-state index in [9.17, 15) is 9.59 Å². The van der Waals surface area contributed by atoms with Crippen LogP contribution in [0.3, 0.4) is 0 Å². The van der Waals surface area contributed by atoms with Gasteiger partial charge in [0, 0.05) is 19.2 Å². The first-order chi connectivity index (χ1) is 8.93. The van der Waals surface area contributed by atoms with E-state index in [1.807, 2.05) is 0 Å². The van der Waals surface area contributed by atoms with Crippen molar-refractivity contribution < 1.29 is 14.7 Å². The summed E-state index contributed by atoms with van der Waals surface area (Å²) in [6.45, 7) is 1.62. The van der Waals surface area contributed by atoms with E-state index in [1.165, 1.54) is 13.1 Å². The second-order valence-corrected chi connectivity index (χ2v) is 4.62. The van der Waals surface area contributed by atoms with Crippen LogP contribution >= 0.6 is 11.6 Å². The molecule has 1 unspecified atom stereocenters. The third-order valence-corrected chi connectivity index (χ3v) is 2.84. The molecule has 6 heteroatoms.